The molecule has 3 atom stereocenters. The van der Waals surface area contributed by atoms with E-state index < -0.39 is 6.10 Å². The Bertz CT molecular complexity index is 704. The van der Waals surface area contributed by atoms with Crippen molar-refractivity contribution in [2.24, 2.45) is 0 Å². The van der Waals surface area contributed by atoms with E-state index in [-0.39, 0.29) is 30.3 Å². The maximum absolute atomic E-state index is 12.1. The number of likely N-dealkylation sites (tertiary alicyclic amines) is 1. The van der Waals surface area contributed by atoms with E-state index in [0.717, 1.165) is 31.7 Å². The van der Waals surface area contributed by atoms with Crippen LogP contribution < -0.4 is 9.47 Å². The van der Waals surface area contributed by atoms with E-state index in [1.807, 2.05) is 36.1 Å². The summed E-state index contributed by atoms with van der Waals surface area (Å²) >= 11 is 0. The number of likely N-dealkylation sites (N-methyl/N-ethyl adjacent to an activating group) is 1. The second-order valence-electron chi connectivity index (χ2n) is 7.99. The van der Waals surface area contributed by atoms with Gasteiger partial charge in [-0.3, -0.25) is 4.79 Å². The molecule has 0 saturated carbocycles. The van der Waals surface area contributed by atoms with Gasteiger partial charge in [0.2, 0.25) is 5.91 Å². The Morgan fingerprint density at radius 3 is 2.68 bits per heavy atom. The van der Waals surface area contributed by atoms with Crippen molar-refractivity contribution in [2.75, 3.05) is 39.4 Å². The Balaban J connectivity index is 1.32. The molecule has 7 nitrogen and oxygen atoms in total. The molecule has 3 aliphatic rings. The molecule has 0 bridgehead atoms. The Morgan fingerprint density at radius 2 is 1.96 bits per heavy atom. The van der Waals surface area contributed by atoms with Crippen LogP contribution in [0.4, 0.5) is 0 Å². The second-order valence-corrected chi connectivity index (χ2v) is 7.99. The number of β-amino-alcohol motifs (C(OH)–C–C–N with tert-alkyl or cyclic N) is 1. The molecule has 1 aromatic rings. The van der Waals surface area contributed by atoms with E-state index in [1.165, 1.54) is 0 Å². The molecular weight excluding hydrogens is 360 g/mol. The molecule has 1 spiro atoms. The first-order chi connectivity index (χ1) is 13.5. The second kappa shape index (κ2) is 7.89. The fourth-order valence-corrected chi connectivity index (χ4v) is 4.64. The minimum Gasteiger partial charge on any atom is -0.486 e. The van der Waals surface area contributed by atoms with Crippen molar-refractivity contribution in [1.29, 1.82) is 0 Å². The Kier molecular flexibility index (Phi) is 5.49. The van der Waals surface area contributed by atoms with Gasteiger partial charge in [0, 0.05) is 26.2 Å². The first kappa shape index (κ1) is 19.5. The van der Waals surface area contributed by atoms with Crippen molar-refractivity contribution < 1.29 is 24.1 Å². The molecule has 1 aromatic carbocycles. The van der Waals surface area contributed by atoms with Crippen LogP contribution in [0.15, 0.2) is 24.3 Å². The maximum atomic E-state index is 12.1. The first-order valence-corrected chi connectivity index (χ1v) is 10.2. The highest BCUT2D eigenvalue weighted by Crippen LogP contribution is 2.36. The zero-order chi connectivity index (χ0) is 19.7. The monoisotopic (exact) mass is 390 g/mol. The lowest BCUT2D eigenvalue weighted by atomic mass is 9.82. The number of piperidine rings is 1. The van der Waals surface area contributed by atoms with Crippen molar-refractivity contribution in [3.05, 3.63) is 24.3 Å². The lowest BCUT2D eigenvalue weighted by Crippen LogP contribution is -2.64. The topological polar surface area (TPSA) is 71.5 Å². The normalized spacial score (nSPS) is 28.4. The quantitative estimate of drug-likeness (QED) is 0.835. The molecule has 1 amide bonds. The van der Waals surface area contributed by atoms with Crippen LogP contribution in [0.5, 0.6) is 11.5 Å². The summed E-state index contributed by atoms with van der Waals surface area (Å²) in [6.07, 6.45) is 0.718. The van der Waals surface area contributed by atoms with Gasteiger partial charge in [-0.1, -0.05) is 12.1 Å². The van der Waals surface area contributed by atoms with Crippen LogP contribution in [0, 0.1) is 0 Å². The number of aliphatic hydroxyl groups excluding tert-OH is 1. The first-order valence-electron chi connectivity index (χ1n) is 10.2. The summed E-state index contributed by atoms with van der Waals surface area (Å²) in [6, 6.07) is 7.62. The zero-order valence-corrected chi connectivity index (χ0v) is 16.7. The predicted molar refractivity (Wildman–Crippen MR) is 104 cm³/mol. The summed E-state index contributed by atoms with van der Waals surface area (Å²) in [6.45, 7) is 7.55. The number of carbonyl (C=O) groups excluding carboxylic acids is 1. The number of nitrogens with zero attached hydrogens (tertiary/aromatic N) is 2. The third kappa shape index (κ3) is 3.58. The van der Waals surface area contributed by atoms with E-state index >= 15 is 0 Å². The molecule has 0 aromatic heterocycles. The number of morpholine rings is 1. The predicted octanol–water partition coefficient (Wildman–Crippen LogP) is 1.29. The van der Waals surface area contributed by atoms with E-state index in [4.69, 9.17) is 14.2 Å². The van der Waals surface area contributed by atoms with Crippen LogP contribution in [0.2, 0.25) is 0 Å². The van der Waals surface area contributed by atoms with Gasteiger partial charge in [0.1, 0.15) is 19.3 Å². The number of amides is 1. The number of aliphatic hydroxyl groups is 1. The highest BCUT2D eigenvalue weighted by atomic mass is 16.6. The van der Waals surface area contributed by atoms with Crippen molar-refractivity contribution in [3.63, 3.8) is 0 Å². The summed E-state index contributed by atoms with van der Waals surface area (Å²) < 4.78 is 17.7. The lowest BCUT2D eigenvalue weighted by Gasteiger charge is -2.51. The minimum absolute atomic E-state index is 0.0770. The fraction of sp³-hybridized carbons (Fsp3) is 0.667. The van der Waals surface area contributed by atoms with Crippen molar-refractivity contribution >= 4 is 5.91 Å². The summed E-state index contributed by atoms with van der Waals surface area (Å²) in [7, 11) is 0. The molecule has 0 radical (unpaired) electrons. The van der Waals surface area contributed by atoms with Gasteiger partial charge in [-0.05, 0) is 38.8 Å². The van der Waals surface area contributed by atoms with Gasteiger partial charge < -0.3 is 29.1 Å². The van der Waals surface area contributed by atoms with Crippen LogP contribution in [0.25, 0.3) is 0 Å². The van der Waals surface area contributed by atoms with E-state index in [0.29, 0.717) is 25.4 Å². The summed E-state index contributed by atoms with van der Waals surface area (Å²) in [5.74, 6) is 1.49. The average molecular weight is 390 g/mol. The molecule has 0 aliphatic carbocycles. The Labute approximate surface area is 166 Å². The molecule has 2 fully saturated rings. The number of ether oxygens (including phenoxy) is 3. The van der Waals surface area contributed by atoms with E-state index in [2.05, 4.69) is 11.8 Å². The van der Waals surface area contributed by atoms with Gasteiger partial charge in [-0.2, -0.15) is 0 Å². The van der Waals surface area contributed by atoms with Gasteiger partial charge >= 0.3 is 0 Å². The largest absolute Gasteiger partial charge is 0.486 e. The van der Waals surface area contributed by atoms with Gasteiger partial charge in [0.05, 0.1) is 11.6 Å². The highest BCUT2D eigenvalue weighted by Gasteiger charge is 2.47. The fourth-order valence-electron chi connectivity index (χ4n) is 4.64. The molecule has 1 N–H and O–H groups in total. The van der Waals surface area contributed by atoms with Crippen LogP contribution in [-0.4, -0.2) is 84.1 Å². The van der Waals surface area contributed by atoms with Crippen LogP contribution >= 0.6 is 0 Å². The SMILES string of the molecule is CCN1C(=O)COC2(CCN(CC(O)C3COc4ccccc4O3)CC2)C1C. The van der Waals surface area contributed by atoms with Crippen LogP contribution in [0.1, 0.15) is 26.7 Å². The summed E-state index contributed by atoms with van der Waals surface area (Å²) in [5.41, 5.74) is -0.269. The number of hydrogen-bond donors (Lipinski definition) is 1. The Morgan fingerprint density at radius 1 is 1.25 bits per heavy atom. The van der Waals surface area contributed by atoms with Crippen LogP contribution in [-0.2, 0) is 9.53 Å². The number of fused-ring (bicyclic) bond motifs is 1. The third-order valence-electron chi connectivity index (χ3n) is 6.48. The van der Waals surface area contributed by atoms with Gasteiger partial charge in [-0.15, -0.1) is 0 Å². The molecule has 154 valence electrons. The van der Waals surface area contributed by atoms with Gasteiger partial charge in [-0.25, -0.2) is 0 Å². The highest BCUT2D eigenvalue weighted by molar-refractivity contribution is 5.78. The van der Waals surface area contributed by atoms with E-state index in [9.17, 15) is 9.90 Å². The number of benzene rings is 1. The number of carbonyl (C=O) groups is 1. The molecule has 2 saturated heterocycles. The average Bonchev–Trinajstić information content (AvgIpc) is 2.72. The maximum Gasteiger partial charge on any atom is 0.248 e. The van der Waals surface area contributed by atoms with Crippen molar-refractivity contribution in [1.82, 2.24) is 9.80 Å². The minimum atomic E-state index is -0.624. The van der Waals surface area contributed by atoms with Gasteiger partial charge in [0.25, 0.3) is 0 Å². The zero-order valence-electron chi connectivity index (χ0n) is 16.7. The van der Waals surface area contributed by atoms with Crippen LogP contribution in [0.3, 0.4) is 0 Å². The molecule has 28 heavy (non-hydrogen) atoms. The molecular formula is C21H30N2O5. The Hall–Kier alpha value is -1.83. The number of hydrogen-bond acceptors (Lipinski definition) is 6. The lowest BCUT2D eigenvalue weighted by molar-refractivity contribution is -0.186. The molecule has 4 rings (SSSR count). The smallest absolute Gasteiger partial charge is 0.248 e. The molecule has 3 unspecified atom stereocenters. The summed E-state index contributed by atoms with van der Waals surface area (Å²) in [5, 5.41) is 10.7. The number of rotatable bonds is 4. The number of para-hydroxylation sites is 2. The van der Waals surface area contributed by atoms with E-state index in [1.54, 1.807) is 0 Å². The van der Waals surface area contributed by atoms with Gasteiger partial charge in [0.15, 0.2) is 17.6 Å². The van der Waals surface area contributed by atoms with Crippen molar-refractivity contribution in [2.45, 2.75) is 50.5 Å². The molecule has 3 aliphatic heterocycles. The standard InChI is InChI=1S/C21H30N2O5/c1-3-23-15(2)21(27-14-20(23)25)8-10-22(11-9-21)12-16(24)19-13-26-17-6-4-5-7-18(17)28-19/h4-7,15-16,19,24H,3,8-14H2,1-2H3. The summed E-state index contributed by atoms with van der Waals surface area (Å²) in [4.78, 5) is 16.2. The molecule has 7 heteroatoms. The third-order valence-corrected chi connectivity index (χ3v) is 6.48. The molecule has 3 heterocycles. The van der Waals surface area contributed by atoms with Crippen molar-refractivity contribution in [3.8, 4) is 11.5 Å².